The van der Waals surface area contributed by atoms with Crippen molar-refractivity contribution in [2.24, 2.45) is 0 Å². The van der Waals surface area contributed by atoms with Crippen molar-refractivity contribution in [3.63, 3.8) is 0 Å². The van der Waals surface area contributed by atoms with Gasteiger partial charge >= 0.3 is 0 Å². The molecular weight excluding hydrogens is 316 g/mol. The molecule has 0 bridgehead atoms. The lowest BCUT2D eigenvalue weighted by atomic mass is 9.96. The summed E-state index contributed by atoms with van der Waals surface area (Å²) in [6.45, 7) is 11.2. The fourth-order valence-corrected chi connectivity index (χ4v) is 2.64. The molecule has 3 rings (SSSR count). The lowest BCUT2D eigenvalue weighted by molar-refractivity contribution is 0.0923. The highest BCUT2D eigenvalue weighted by atomic mass is 16.5. The molecule has 0 spiro atoms. The largest absolute Gasteiger partial charge is 0.369 e. The van der Waals surface area contributed by atoms with Crippen LogP contribution in [0.25, 0.3) is 10.8 Å². The molecule has 26 heavy (non-hydrogen) atoms. The Morgan fingerprint density at radius 2 is 1.19 bits per heavy atom. The Morgan fingerprint density at radius 1 is 0.654 bits per heavy atom. The second-order valence-corrected chi connectivity index (χ2v) is 6.23. The highest BCUT2D eigenvalue weighted by molar-refractivity contribution is 5.86. The molecule has 0 fully saturated rings. The fraction of sp³-hybridized carbons (Fsp3) is 0.360. The highest BCUT2D eigenvalue weighted by Gasteiger charge is 2.16. The van der Waals surface area contributed by atoms with Gasteiger partial charge in [0.1, 0.15) is 6.10 Å². The zero-order valence-corrected chi connectivity index (χ0v) is 17.0. The summed E-state index contributed by atoms with van der Waals surface area (Å²) in [7, 11) is 0. The Kier molecular flexibility index (Phi) is 11.1. The summed E-state index contributed by atoms with van der Waals surface area (Å²) in [5.41, 5.74) is 2.43. The Hall–Kier alpha value is -2.12. The third kappa shape index (κ3) is 6.65. The van der Waals surface area contributed by atoms with Gasteiger partial charge in [0.2, 0.25) is 0 Å². The second-order valence-electron chi connectivity index (χ2n) is 6.23. The lowest BCUT2D eigenvalue weighted by Gasteiger charge is -2.20. The van der Waals surface area contributed by atoms with E-state index in [-0.39, 0.29) is 6.10 Å². The minimum absolute atomic E-state index is 0.00713. The molecule has 3 aromatic rings. The van der Waals surface area contributed by atoms with E-state index in [0.717, 1.165) is 0 Å². The van der Waals surface area contributed by atoms with Gasteiger partial charge in [-0.1, -0.05) is 113 Å². The summed E-state index contributed by atoms with van der Waals surface area (Å²) in [5, 5.41) is 2.52. The van der Waals surface area contributed by atoms with Crippen molar-refractivity contribution < 1.29 is 4.74 Å². The van der Waals surface area contributed by atoms with Crippen LogP contribution in [0.3, 0.4) is 0 Å². The maximum absolute atomic E-state index is 6.02. The van der Waals surface area contributed by atoms with Crippen molar-refractivity contribution in [2.45, 2.75) is 53.6 Å². The van der Waals surface area contributed by atoms with Crippen LogP contribution >= 0.6 is 0 Å². The van der Waals surface area contributed by atoms with Crippen LogP contribution in [0.4, 0.5) is 0 Å². The second kappa shape index (κ2) is 13.1. The summed E-state index contributed by atoms with van der Waals surface area (Å²) in [4.78, 5) is 0. The van der Waals surface area contributed by atoms with Gasteiger partial charge in [-0.3, -0.25) is 0 Å². The molecule has 140 valence electrons. The Balaban J connectivity index is 0.000000499. The van der Waals surface area contributed by atoms with E-state index in [2.05, 4.69) is 94.4 Å². The zero-order chi connectivity index (χ0) is 19.2. The predicted molar refractivity (Wildman–Crippen MR) is 116 cm³/mol. The average molecular weight is 351 g/mol. The van der Waals surface area contributed by atoms with E-state index in [4.69, 9.17) is 4.74 Å². The molecule has 0 amide bonds. The number of hydrogen-bond acceptors (Lipinski definition) is 1. The molecule has 0 aromatic heterocycles. The molecule has 1 atom stereocenters. The summed E-state index contributed by atoms with van der Waals surface area (Å²) >= 11 is 0. The van der Waals surface area contributed by atoms with Gasteiger partial charge in [0.25, 0.3) is 0 Å². The van der Waals surface area contributed by atoms with Crippen molar-refractivity contribution >= 4 is 10.8 Å². The average Bonchev–Trinajstić information content (AvgIpc) is 2.68. The first kappa shape index (κ1) is 21.9. The maximum Gasteiger partial charge on any atom is 0.108 e. The molecule has 0 radical (unpaired) electrons. The van der Waals surface area contributed by atoms with E-state index < -0.39 is 0 Å². The van der Waals surface area contributed by atoms with Crippen molar-refractivity contribution in [3.8, 4) is 0 Å². The highest BCUT2D eigenvalue weighted by Crippen LogP contribution is 2.31. The topological polar surface area (TPSA) is 9.23 Å². The summed E-state index contributed by atoms with van der Waals surface area (Å²) in [6.07, 6.45) is 2.49. The maximum atomic E-state index is 6.02. The van der Waals surface area contributed by atoms with Gasteiger partial charge < -0.3 is 4.74 Å². The number of ether oxygens (including phenoxy) is 1. The van der Waals surface area contributed by atoms with Crippen LogP contribution in [0.2, 0.25) is 0 Å². The molecular formula is C25H34O. The van der Waals surface area contributed by atoms with Crippen molar-refractivity contribution in [3.05, 3.63) is 83.9 Å². The van der Waals surface area contributed by atoms with E-state index in [1.54, 1.807) is 0 Å². The molecule has 1 unspecified atom stereocenters. The van der Waals surface area contributed by atoms with Crippen LogP contribution in [0.15, 0.2) is 72.8 Å². The van der Waals surface area contributed by atoms with Gasteiger partial charge in [-0.15, -0.1) is 0 Å². The molecule has 3 aromatic carbocycles. The van der Waals surface area contributed by atoms with Gasteiger partial charge in [0, 0.05) is 6.61 Å². The summed E-state index contributed by atoms with van der Waals surface area (Å²) < 4.78 is 6.02. The Labute approximate surface area is 160 Å². The van der Waals surface area contributed by atoms with E-state index in [0.29, 0.717) is 6.61 Å². The number of hydrogen-bond donors (Lipinski definition) is 0. The quantitative estimate of drug-likeness (QED) is 0.466. The van der Waals surface area contributed by atoms with E-state index >= 15 is 0 Å². The SMILES string of the molecule is CCC.CCC.CCOC(c1ccccc1)c1cccc2ccccc12. The lowest BCUT2D eigenvalue weighted by Crippen LogP contribution is -2.06. The van der Waals surface area contributed by atoms with Gasteiger partial charge in [-0.2, -0.15) is 0 Å². The van der Waals surface area contributed by atoms with Crippen LogP contribution in [0.5, 0.6) is 0 Å². The van der Waals surface area contributed by atoms with Crippen LogP contribution in [-0.2, 0) is 4.74 Å². The van der Waals surface area contributed by atoms with Crippen molar-refractivity contribution in [1.82, 2.24) is 0 Å². The first-order valence-corrected chi connectivity index (χ1v) is 9.87. The Morgan fingerprint density at radius 3 is 1.81 bits per heavy atom. The summed E-state index contributed by atoms with van der Waals surface area (Å²) in [6, 6.07) is 25.3. The predicted octanol–water partition coefficient (Wildman–Crippen LogP) is 7.80. The zero-order valence-electron chi connectivity index (χ0n) is 17.0. The fourth-order valence-electron chi connectivity index (χ4n) is 2.64. The molecule has 0 heterocycles. The van der Waals surface area contributed by atoms with Crippen LogP contribution in [0, 0.1) is 0 Å². The summed E-state index contributed by atoms with van der Waals surface area (Å²) in [5.74, 6) is 0. The van der Waals surface area contributed by atoms with Gasteiger partial charge in [0.05, 0.1) is 0 Å². The first-order chi connectivity index (χ1) is 12.7. The number of rotatable bonds is 4. The van der Waals surface area contributed by atoms with Gasteiger partial charge in [0.15, 0.2) is 0 Å². The minimum atomic E-state index is -0.00713. The molecule has 0 saturated carbocycles. The van der Waals surface area contributed by atoms with Crippen LogP contribution < -0.4 is 0 Å². The van der Waals surface area contributed by atoms with Gasteiger partial charge in [-0.25, -0.2) is 0 Å². The Bertz CT molecular complexity index is 711. The van der Waals surface area contributed by atoms with E-state index in [1.165, 1.54) is 34.7 Å². The van der Waals surface area contributed by atoms with Gasteiger partial charge in [-0.05, 0) is 28.8 Å². The molecule has 1 nitrogen and oxygen atoms in total. The molecule has 1 heteroatoms. The molecule has 0 saturated heterocycles. The first-order valence-electron chi connectivity index (χ1n) is 9.87. The third-order valence-corrected chi connectivity index (χ3v) is 3.54. The van der Waals surface area contributed by atoms with E-state index in [9.17, 15) is 0 Å². The van der Waals surface area contributed by atoms with Crippen LogP contribution in [-0.4, -0.2) is 6.61 Å². The number of fused-ring (bicyclic) bond motifs is 1. The molecule has 0 aliphatic rings. The smallest absolute Gasteiger partial charge is 0.108 e. The third-order valence-electron chi connectivity index (χ3n) is 3.54. The monoisotopic (exact) mass is 350 g/mol. The van der Waals surface area contributed by atoms with Crippen LogP contribution in [0.1, 0.15) is 64.7 Å². The molecule has 0 aliphatic heterocycles. The standard InChI is InChI=1S/C19H18O.2C3H8/c1-2-20-19(16-10-4-3-5-11-16)18-14-8-12-15-9-6-7-13-17(15)18;2*1-3-2/h3-14,19H,2H2,1H3;2*3H2,1-2H3. The van der Waals surface area contributed by atoms with E-state index in [1.807, 2.05) is 13.0 Å². The minimum Gasteiger partial charge on any atom is -0.369 e. The van der Waals surface area contributed by atoms with Crippen molar-refractivity contribution in [1.29, 1.82) is 0 Å². The normalized spacial score (nSPS) is 11.0. The number of benzene rings is 3. The molecule has 0 aliphatic carbocycles. The van der Waals surface area contributed by atoms with Crippen molar-refractivity contribution in [2.75, 3.05) is 6.61 Å². The molecule has 0 N–H and O–H groups in total.